The molecule has 0 atom stereocenters. The summed E-state index contributed by atoms with van der Waals surface area (Å²) in [6.45, 7) is 1.98. The van der Waals surface area contributed by atoms with Crippen LogP contribution in [-0.4, -0.2) is 35.5 Å². The van der Waals surface area contributed by atoms with E-state index in [9.17, 15) is 9.59 Å². The second-order valence-electron chi connectivity index (χ2n) is 7.52. The molecule has 0 bridgehead atoms. The number of nitrogens with zero attached hydrogens (tertiary/aromatic N) is 1. The largest absolute Gasteiger partial charge is 0.493 e. The number of furan rings is 1. The molecule has 34 heavy (non-hydrogen) atoms. The van der Waals surface area contributed by atoms with Crippen molar-refractivity contribution in [3.63, 3.8) is 0 Å². The fraction of sp³-hybridized carbons (Fsp3) is 0.160. The number of methoxy groups -OCH3 is 1. The summed E-state index contributed by atoms with van der Waals surface area (Å²) in [7, 11) is 1.51. The van der Waals surface area contributed by atoms with Crippen molar-refractivity contribution in [2.45, 2.75) is 13.5 Å². The Hall–Kier alpha value is -4.11. The summed E-state index contributed by atoms with van der Waals surface area (Å²) < 4.78 is 16.4. The van der Waals surface area contributed by atoms with E-state index < -0.39 is 0 Å². The van der Waals surface area contributed by atoms with Gasteiger partial charge in [0.15, 0.2) is 23.2 Å². The van der Waals surface area contributed by atoms with Crippen LogP contribution in [-0.2, 0) is 16.1 Å². The average molecular weight is 478 g/mol. The van der Waals surface area contributed by atoms with E-state index in [2.05, 4.69) is 10.6 Å². The molecule has 3 aromatic rings. The van der Waals surface area contributed by atoms with Crippen molar-refractivity contribution < 1.29 is 23.5 Å². The van der Waals surface area contributed by atoms with Crippen LogP contribution < -0.4 is 20.1 Å². The summed E-state index contributed by atoms with van der Waals surface area (Å²) in [5, 5.41) is 6.06. The van der Waals surface area contributed by atoms with Gasteiger partial charge in [0.25, 0.3) is 11.8 Å². The Morgan fingerprint density at radius 2 is 2.00 bits per heavy atom. The molecule has 174 valence electrons. The first-order valence-electron chi connectivity index (χ1n) is 10.5. The third-order valence-electron chi connectivity index (χ3n) is 5.13. The van der Waals surface area contributed by atoms with Gasteiger partial charge in [0.1, 0.15) is 11.5 Å². The Bertz CT molecular complexity index is 1250. The molecule has 8 nitrogen and oxygen atoms in total. The molecule has 2 amide bonds. The van der Waals surface area contributed by atoms with Gasteiger partial charge in [0, 0.05) is 5.69 Å². The molecule has 0 radical (unpaired) electrons. The summed E-state index contributed by atoms with van der Waals surface area (Å²) in [5.74, 6) is 0.930. The number of amides is 2. The van der Waals surface area contributed by atoms with Crippen molar-refractivity contribution in [1.82, 2.24) is 10.2 Å². The Labute approximate surface area is 202 Å². The predicted octanol–water partition coefficient (Wildman–Crippen LogP) is 3.87. The molecule has 1 saturated heterocycles. The summed E-state index contributed by atoms with van der Waals surface area (Å²) in [5.41, 5.74) is 2.73. The second kappa shape index (κ2) is 10.2. The van der Waals surface area contributed by atoms with Crippen molar-refractivity contribution in [3.05, 3.63) is 83.4 Å². The predicted molar refractivity (Wildman–Crippen MR) is 131 cm³/mol. The third kappa shape index (κ3) is 5.26. The molecule has 1 aromatic heterocycles. The maximum Gasteiger partial charge on any atom is 0.276 e. The molecule has 4 rings (SSSR count). The van der Waals surface area contributed by atoms with Gasteiger partial charge in [-0.05, 0) is 66.7 Å². The summed E-state index contributed by atoms with van der Waals surface area (Å²) in [6.07, 6.45) is 3.22. The van der Waals surface area contributed by atoms with Crippen LogP contribution in [0, 0.1) is 6.92 Å². The minimum atomic E-state index is -0.284. The topological polar surface area (TPSA) is 93.0 Å². The SMILES string of the molecule is COc1cc(/C=C2/NC(=S)N(Cc3ccco3)C2=O)ccc1OCC(=O)Nc1ccccc1C. The Kier molecular flexibility index (Phi) is 6.93. The number of thiocarbonyl (C=S) groups is 1. The minimum Gasteiger partial charge on any atom is -0.493 e. The highest BCUT2D eigenvalue weighted by Gasteiger charge is 2.31. The summed E-state index contributed by atoms with van der Waals surface area (Å²) >= 11 is 5.30. The second-order valence-corrected chi connectivity index (χ2v) is 7.91. The highest BCUT2D eigenvalue weighted by molar-refractivity contribution is 7.80. The van der Waals surface area contributed by atoms with Crippen LogP contribution in [0.15, 0.2) is 71.0 Å². The lowest BCUT2D eigenvalue weighted by molar-refractivity contribution is -0.123. The monoisotopic (exact) mass is 477 g/mol. The normalized spacial score (nSPS) is 14.3. The first-order valence-corrected chi connectivity index (χ1v) is 10.9. The molecule has 1 aliphatic heterocycles. The van der Waals surface area contributed by atoms with Gasteiger partial charge in [-0.25, -0.2) is 0 Å². The number of rotatable bonds is 8. The third-order valence-corrected chi connectivity index (χ3v) is 5.46. The van der Waals surface area contributed by atoms with E-state index in [0.717, 1.165) is 11.3 Å². The van der Waals surface area contributed by atoms with Crippen LogP contribution in [0.25, 0.3) is 6.08 Å². The van der Waals surface area contributed by atoms with E-state index in [1.165, 1.54) is 12.0 Å². The van der Waals surface area contributed by atoms with Crippen LogP contribution in [0.4, 0.5) is 5.69 Å². The lowest BCUT2D eigenvalue weighted by Crippen LogP contribution is -2.29. The maximum absolute atomic E-state index is 12.8. The van der Waals surface area contributed by atoms with Crippen LogP contribution >= 0.6 is 12.2 Å². The number of ether oxygens (including phenoxy) is 2. The molecule has 9 heteroatoms. The fourth-order valence-electron chi connectivity index (χ4n) is 3.38. The molecule has 2 heterocycles. The minimum absolute atomic E-state index is 0.179. The van der Waals surface area contributed by atoms with Crippen molar-refractivity contribution in [1.29, 1.82) is 0 Å². The lowest BCUT2D eigenvalue weighted by atomic mass is 10.1. The van der Waals surface area contributed by atoms with Gasteiger partial charge >= 0.3 is 0 Å². The Morgan fingerprint density at radius 1 is 1.18 bits per heavy atom. The van der Waals surface area contributed by atoms with Crippen molar-refractivity contribution in [2.75, 3.05) is 19.0 Å². The van der Waals surface area contributed by atoms with Gasteiger partial charge in [0.2, 0.25) is 0 Å². The number of carbonyl (C=O) groups excluding carboxylic acids is 2. The van der Waals surface area contributed by atoms with E-state index in [-0.39, 0.29) is 25.0 Å². The van der Waals surface area contributed by atoms with E-state index in [4.69, 9.17) is 26.1 Å². The molecule has 1 fully saturated rings. The standard InChI is InChI=1S/C25H23N3O5S/c1-16-6-3-4-8-19(16)26-23(29)15-33-21-10-9-17(13-22(21)31-2)12-20-24(30)28(25(34)27-20)14-18-7-5-11-32-18/h3-13H,14-15H2,1-2H3,(H,26,29)(H,27,34)/b20-12+. The number of nitrogens with one attached hydrogen (secondary N) is 2. The number of para-hydroxylation sites is 1. The maximum atomic E-state index is 12.8. The smallest absolute Gasteiger partial charge is 0.276 e. The first-order chi connectivity index (χ1) is 16.4. The van der Waals surface area contributed by atoms with E-state index in [1.54, 1.807) is 42.7 Å². The van der Waals surface area contributed by atoms with Gasteiger partial charge < -0.3 is 24.5 Å². The number of hydrogen-bond acceptors (Lipinski definition) is 6. The first kappa shape index (κ1) is 23.1. The van der Waals surface area contributed by atoms with E-state index >= 15 is 0 Å². The quantitative estimate of drug-likeness (QED) is 0.376. The zero-order valence-electron chi connectivity index (χ0n) is 18.7. The highest BCUT2D eigenvalue weighted by Crippen LogP contribution is 2.29. The lowest BCUT2D eigenvalue weighted by Gasteiger charge is -2.12. The van der Waals surface area contributed by atoms with Crippen molar-refractivity contribution in [2.24, 2.45) is 0 Å². The molecule has 0 aliphatic carbocycles. The van der Waals surface area contributed by atoms with Crippen LogP contribution in [0.5, 0.6) is 11.5 Å². The fourth-order valence-corrected chi connectivity index (χ4v) is 3.63. The number of hydrogen-bond donors (Lipinski definition) is 2. The zero-order chi connectivity index (χ0) is 24.1. The molecular formula is C25H23N3O5S. The Morgan fingerprint density at radius 3 is 2.74 bits per heavy atom. The molecule has 0 unspecified atom stereocenters. The molecular weight excluding hydrogens is 454 g/mol. The van der Waals surface area contributed by atoms with E-state index in [0.29, 0.717) is 33.6 Å². The van der Waals surface area contributed by atoms with Gasteiger partial charge in [-0.15, -0.1) is 0 Å². The molecule has 0 spiro atoms. The van der Waals surface area contributed by atoms with Crippen molar-refractivity contribution >= 4 is 40.9 Å². The van der Waals surface area contributed by atoms with Crippen LogP contribution in [0.2, 0.25) is 0 Å². The molecule has 2 aromatic carbocycles. The summed E-state index contributed by atoms with van der Waals surface area (Å²) in [6, 6.07) is 16.2. The highest BCUT2D eigenvalue weighted by atomic mass is 32.1. The molecule has 1 aliphatic rings. The van der Waals surface area contributed by atoms with Gasteiger partial charge in [-0.2, -0.15) is 0 Å². The zero-order valence-corrected chi connectivity index (χ0v) is 19.5. The van der Waals surface area contributed by atoms with Gasteiger partial charge in [0.05, 0.1) is 19.9 Å². The van der Waals surface area contributed by atoms with Gasteiger partial charge in [-0.1, -0.05) is 24.3 Å². The summed E-state index contributed by atoms with van der Waals surface area (Å²) in [4.78, 5) is 26.5. The number of benzene rings is 2. The van der Waals surface area contributed by atoms with Crippen molar-refractivity contribution in [3.8, 4) is 11.5 Å². The van der Waals surface area contributed by atoms with Crippen LogP contribution in [0.1, 0.15) is 16.9 Å². The Balaban J connectivity index is 1.42. The van der Waals surface area contributed by atoms with E-state index in [1.807, 2.05) is 31.2 Å². The molecule has 2 N–H and O–H groups in total. The molecule has 0 saturated carbocycles. The number of aryl methyl sites for hydroxylation is 1. The number of carbonyl (C=O) groups is 2. The van der Waals surface area contributed by atoms with Gasteiger partial charge in [-0.3, -0.25) is 14.5 Å². The average Bonchev–Trinajstić information content (AvgIpc) is 3.44. The van der Waals surface area contributed by atoms with Crippen LogP contribution in [0.3, 0.4) is 0 Å². The number of anilines is 1.